The number of esters is 1. The Labute approximate surface area is 72.2 Å². The predicted molar refractivity (Wildman–Crippen MR) is 39.9 cm³/mol. The van der Waals surface area contributed by atoms with Crippen LogP contribution in [-0.2, 0) is 9.53 Å². The van der Waals surface area contributed by atoms with E-state index in [-0.39, 0.29) is 18.4 Å². The standard InChI is InChI=1S/C5H7ClF2O2S/c1-2-10-4(9)3-11-5(6,7)8/h2-3H2,1H3. The summed E-state index contributed by atoms with van der Waals surface area (Å²) in [6, 6.07) is 0. The largest absolute Gasteiger partial charge is 0.465 e. The van der Waals surface area contributed by atoms with E-state index in [4.69, 9.17) is 0 Å². The maximum absolute atomic E-state index is 11.8. The molecule has 6 heteroatoms. The van der Waals surface area contributed by atoms with Gasteiger partial charge in [0.25, 0.3) is 0 Å². The summed E-state index contributed by atoms with van der Waals surface area (Å²) in [4.78, 5) is 10.5. The maximum atomic E-state index is 11.8. The molecule has 0 amide bonds. The number of hydrogen-bond acceptors (Lipinski definition) is 3. The lowest BCUT2D eigenvalue weighted by Crippen LogP contribution is -2.11. The van der Waals surface area contributed by atoms with E-state index in [2.05, 4.69) is 16.3 Å². The van der Waals surface area contributed by atoms with E-state index < -0.39 is 16.4 Å². The molecule has 0 aliphatic carbocycles. The smallest absolute Gasteiger partial charge is 0.371 e. The van der Waals surface area contributed by atoms with Crippen LogP contribution in [0, 0.1) is 0 Å². The van der Waals surface area contributed by atoms with Crippen molar-refractivity contribution >= 4 is 29.3 Å². The average molecular weight is 205 g/mol. The fourth-order valence-electron chi connectivity index (χ4n) is 0.343. The van der Waals surface area contributed by atoms with Crippen LogP contribution in [0.2, 0.25) is 0 Å². The minimum atomic E-state index is -3.38. The van der Waals surface area contributed by atoms with Crippen molar-refractivity contribution in [1.29, 1.82) is 0 Å². The molecule has 0 aromatic rings. The van der Waals surface area contributed by atoms with Crippen molar-refractivity contribution in [3.63, 3.8) is 0 Å². The van der Waals surface area contributed by atoms with Crippen molar-refractivity contribution in [1.82, 2.24) is 0 Å². The predicted octanol–water partition coefficient (Wildman–Crippen LogP) is 2.07. The van der Waals surface area contributed by atoms with Crippen LogP contribution in [0.4, 0.5) is 8.78 Å². The summed E-state index contributed by atoms with van der Waals surface area (Å²) in [5.74, 6) is -1.11. The first-order chi connectivity index (χ1) is 4.95. The molecule has 0 aromatic heterocycles. The molecule has 0 saturated heterocycles. The van der Waals surface area contributed by atoms with E-state index in [9.17, 15) is 13.6 Å². The third-order valence-electron chi connectivity index (χ3n) is 0.659. The molecule has 0 heterocycles. The van der Waals surface area contributed by atoms with Gasteiger partial charge in [0.2, 0.25) is 0 Å². The zero-order valence-electron chi connectivity index (χ0n) is 5.77. The molecule has 0 aliphatic rings. The highest BCUT2D eigenvalue weighted by Crippen LogP contribution is 2.32. The van der Waals surface area contributed by atoms with Gasteiger partial charge in [-0.2, -0.15) is 8.78 Å². The molecular formula is C5H7ClF2O2S. The van der Waals surface area contributed by atoms with Crippen molar-refractivity contribution < 1.29 is 18.3 Å². The van der Waals surface area contributed by atoms with Gasteiger partial charge in [-0.25, -0.2) is 0 Å². The molecule has 0 aromatic carbocycles. The number of carbonyl (C=O) groups is 1. The lowest BCUT2D eigenvalue weighted by Gasteiger charge is -2.05. The van der Waals surface area contributed by atoms with E-state index in [0.717, 1.165) is 0 Å². The Kier molecular flexibility index (Phi) is 4.76. The quantitative estimate of drug-likeness (QED) is 0.518. The lowest BCUT2D eigenvalue weighted by molar-refractivity contribution is -0.139. The maximum Gasteiger partial charge on any atom is 0.371 e. The Balaban J connectivity index is 3.46. The van der Waals surface area contributed by atoms with Crippen molar-refractivity contribution in [3.05, 3.63) is 0 Å². The normalized spacial score (nSPS) is 11.3. The monoisotopic (exact) mass is 204 g/mol. The average Bonchev–Trinajstić information content (AvgIpc) is 1.83. The van der Waals surface area contributed by atoms with Gasteiger partial charge in [0.05, 0.1) is 12.4 Å². The second-order valence-electron chi connectivity index (χ2n) is 1.54. The first kappa shape index (κ1) is 11.0. The van der Waals surface area contributed by atoms with Crippen LogP contribution in [0.15, 0.2) is 0 Å². The molecule has 11 heavy (non-hydrogen) atoms. The summed E-state index contributed by atoms with van der Waals surface area (Å²) in [7, 11) is 0. The second-order valence-corrected chi connectivity index (χ2v) is 3.33. The van der Waals surface area contributed by atoms with Crippen molar-refractivity contribution in [3.8, 4) is 0 Å². The molecule has 0 radical (unpaired) electrons. The summed E-state index contributed by atoms with van der Waals surface area (Å²) >= 11 is 4.54. The van der Waals surface area contributed by atoms with Gasteiger partial charge in [-0.3, -0.25) is 4.79 Å². The third-order valence-corrected chi connectivity index (χ3v) is 1.69. The SMILES string of the molecule is CCOC(=O)CSC(F)(F)Cl. The molecule has 0 saturated carbocycles. The zero-order chi connectivity index (χ0) is 8.91. The van der Waals surface area contributed by atoms with E-state index in [1.807, 2.05) is 0 Å². The van der Waals surface area contributed by atoms with Crippen LogP contribution in [-0.4, -0.2) is 23.0 Å². The van der Waals surface area contributed by atoms with E-state index in [1.165, 1.54) is 0 Å². The molecule has 0 unspecified atom stereocenters. The number of halogens is 3. The van der Waals surface area contributed by atoms with E-state index >= 15 is 0 Å². The highest BCUT2D eigenvalue weighted by Gasteiger charge is 2.26. The first-order valence-electron chi connectivity index (χ1n) is 2.82. The molecule has 2 nitrogen and oxygen atoms in total. The fourth-order valence-corrected chi connectivity index (χ4v) is 0.872. The van der Waals surface area contributed by atoms with Gasteiger partial charge >= 0.3 is 10.7 Å². The molecule has 0 spiro atoms. The minimum Gasteiger partial charge on any atom is -0.465 e. The van der Waals surface area contributed by atoms with Crippen molar-refractivity contribution in [2.45, 2.75) is 11.6 Å². The number of rotatable bonds is 4. The van der Waals surface area contributed by atoms with E-state index in [1.54, 1.807) is 6.92 Å². The number of alkyl halides is 3. The van der Waals surface area contributed by atoms with Gasteiger partial charge in [-0.15, -0.1) is 0 Å². The summed E-state index contributed by atoms with van der Waals surface area (Å²) in [5, 5.41) is 0. The Morgan fingerprint density at radius 2 is 2.27 bits per heavy atom. The van der Waals surface area contributed by atoms with Crippen molar-refractivity contribution in [2.75, 3.05) is 12.4 Å². The van der Waals surface area contributed by atoms with Gasteiger partial charge < -0.3 is 4.74 Å². The number of ether oxygens (including phenoxy) is 1. The number of carbonyl (C=O) groups excluding carboxylic acids is 1. The van der Waals surface area contributed by atoms with Crippen LogP contribution >= 0.6 is 23.4 Å². The van der Waals surface area contributed by atoms with Gasteiger partial charge in [-0.1, -0.05) is 11.8 Å². The Bertz CT molecular complexity index is 137. The Hall–Kier alpha value is -0.0300. The van der Waals surface area contributed by atoms with Crippen LogP contribution in [0.3, 0.4) is 0 Å². The Morgan fingerprint density at radius 3 is 2.64 bits per heavy atom. The molecule has 0 bridgehead atoms. The molecule has 0 fully saturated rings. The van der Waals surface area contributed by atoms with Gasteiger partial charge in [-0.05, 0) is 18.5 Å². The molecule has 0 atom stereocenters. The molecule has 0 N–H and O–H groups in total. The zero-order valence-corrected chi connectivity index (χ0v) is 7.35. The van der Waals surface area contributed by atoms with Gasteiger partial charge in [0.1, 0.15) is 0 Å². The summed E-state index contributed by atoms with van der Waals surface area (Å²) in [5.41, 5.74) is 0. The van der Waals surface area contributed by atoms with Crippen LogP contribution in [0.25, 0.3) is 0 Å². The second kappa shape index (κ2) is 4.77. The summed E-state index contributed by atoms with van der Waals surface area (Å²) in [6.07, 6.45) is 0. The Morgan fingerprint density at radius 1 is 1.73 bits per heavy atom. The third kappa shape index (κ3) is 7.87. The molecular weight excluding hydrogens is 198 g/mol. The number of hydrogen-bond donors (Lipinski definition) is 0. The lowest BCUT2D eigenvalue weighted by atomic mass is 10.8. The molecule has 0 rings (SSSR count). The molecule has 0 aliphatic heterocycles. The van der Waals surface area contributed by atoms with Crippen molar-refractivity contribution in [2.24, 2.45) is 0 Å². The number of thioether (sulfide) groups is 1. The van der Waals surface area contributed by atoms with Crippen LogP contribution in [0.1, 0.15) is 6.92 Å². The van der Waals surface area contributed by atoms with Gasteiger partial charge in [0, 0.05) is 0 Å². The minimum absolute atomic E-state index is 0.0392. The summed E-state index contributed by atoms with van der Waals surface area (Å²) < 4.78 is 24.7. The van der Waals surface area contributed by atoms with Gasteiger partial charge in [0.15, 0.2) is 0 Å². The van der Waals surface area contributed by atoms with E-state index in [0.29, 0.717) is 0 Å². The summed E-state index contributed by atoms with van der Waals surface area (Å²) in [6.45, 7) is 1.79. The van der Waals surface area contributed by atoms with Crippen LogP contribution in [0.5, 0.6) is 0 Å². The fraction of sp³-hybridized carbons (Fsp3) is 0.800. The highest BCUT2D eigenvalue weighted by molar-refractivity contribution is 8.02. The van der Waals surface area contributed by atoms with Crippen LogP contribution < -0.4 is 0 Å². The topological polar surface area (TPSA) is 26.3 Å². The highest BCUT2D eigenvalue weighted by atomic mass is 35.5. The first-order valence-corrected chi connectivity index (χ1v) is 4.18. The molecule has 66 valence electrons.